The fourth-order valence-electron chi connectivity index (χ4n) is 1.98. The topological polar surface area (TPSA) is 53.1 Å². The van der Waals surface area contributed by atoms with Crippen LogP contribution in [0, 0.1) is 19.3 Å². The van der Waals surface area contributed by atoms with Crippen LogP contribution in [0.2, 0.25) is 0 Å². The zero-order valence-corrected chi connectivity index (χ0v) is 11.2. The number of aryl methyl sites for hydroxylation is 1. The maximum absolute atomic E-state index is 6.11. The summed E-state index contributed by atoms with van der Waals surface area (Å²) in [4.78, 5) is 4.49. The molecule has 0 atom stereocenters. The van der Waals surface area contributed by atoms with Crippen molar-refractivity contribution in [1.29, 1.82) is 0 Å². The Bertz CT molecular complexity index is 623. The molecule has 4 nitrogen and oxygen atoms in total. The smallest absolute Gasteiger partial charge is 0.132 e. The molecule has 4 heteroatoms. The van der Waals surface area contributed by atoms with E-state index in [-0.39, 0.29) is 0 Å². The molecule has 19 heavy (non-hydrogen) atoms. The van der Waals surface area contributed by atoms with Crippen LogP contribution in [0.15, 0.2) is 24.3 Å². The average molecular weight is 255 g/mol. The van der Waals surface area contributed by atoms with Crippen LogP contribution in [0.3, 0.4) is 0 Å². The lowest BCUT2D eigenvalue weighted by Crippen LogP contribution is -2.03. The van der Waals surface area contributed by atoms with Crippen molar-refractivity contribution >= 4 is 5.82 Å². The molecule has 0 aliphatic carbocycles. The zero-order valence-electron chi connectivity index (χ0n) is 11.2. The van der Waals surface area contributed by atoms with Gasteiger partial charge in [0.15, 0.2) is 0 Å². The second-order valence-electron chi connectivity index (χ2n) is 4.14. The van der Waals surface area contributed by atoms with Gasteiger partial charge in [-0.3, -0.25) is 0 Å². The molecule has 0 saturated carbocycles. The maximum Gasteiger partial charge on any atom is 0.132 e. The third kappa shape index (κ3) is 2.55. The fraction of sp³-hybridized carbons (Fsp3) is 0.267. The lowest BCUT2D eigenvalue weighted by atomic mass is 10.1. The van der Waals surface area contributed by atoms with Gasteiger partial charge in [0.05, 0.1) is 13.2 Å². The quantitative estimate of drug-likeness (QED) is 0.854. The second kappa shape index (κ2) is 5.49. The Labute approximate surface area is 113 Å². The normalized spacial score (nSPS) is 10.2. The number of benzene rings is 1. The Morgan fingerprint density at radius 3 is 2.95 bits per heavy atom. The first-order valence-electron chi connectivity index (χ1n) is 6.16. The minimum atomic E-state index is 0.426. The number of rotatable bonds is 4. The highest BCUT2D eigenvalue weighted by Crippen LogP contribution is 2.28. The molecule has 98 valence electrons. The van der Waals surface area contributed by atoms with E-state index < -0.39 is 0 Å². The first kappa shape index (κ1) is 13.0. The van der Waals surface area contributed by atoms with Gasteiger partial charge in [0, 0.05) is 5.56 Å². The molecule has 0 radical (unpaired) electrons. The van der Waals surface area contributed by atoms with E-state index in [9.17, 15) is 0 Å². The summed E-state index contributed by atoms with van der Waals surface area (Å²) in [6, 6.07) is 7.73. The van der Waals surface area contributed by atoms with Gasteiger partial charge in [-0.15, -0.1) is 6.42 Å². The van der Waals surface area contributed by atoms with Crippen molar-refractivity contribution < 1.29 is 4.74 Å². The molecule has 0 fully saturated rings. The molecule has 0 unspecified atom stereocenters. The minimum absolute atomic E-state index is 0.426. The van der Waals surface area contributed by atoms with E-state index in [1.807, 2.05) is 42.7 Å². The molecule has 0 aliphatic heterocycles. The number of ether oxygens (including phenoxy) is 1. The predicted octanol–water partition coefficient (Wildman–Crippen LogP) is 2.47. The van der Waals surface area contributed by atoms with Gasteiger partial charge >= 0.3 is 0 Å². The van der Waals surface area contributed by atoms with Crippen molar-refractivity contribution in [3.63, 3.8) is 0 Å². The first-order chi connectivity index (χ1) is 9.17. The summed E-state index contributed by atoms with van der Waals surface area (Å²) in [5, 5.41) is 0. The number of imidazole rings is 1. The van der Waals surface area contributed by atoms with Crippen molar-refractivity contribution in [3.05, 3.63) is 30.1 Å². The number of nitrogens with two attached hydrogens (primary N) is 1. The highest BCUT2D eigenvalue weighted by Gasteiger charge is 2.13. The molecule has 0 spiro atoms. The summed E-state index contributed by atoms with van der Waals surface area (Å²) >= 11 is 0. The van der Waals surface area contributed by atoms with E-state index in [1.165, 1.54) is 0 Å². The van der Waals surface area contributed by atoms with Crippen LogP contribution >= 0.6 is 0 Å². The van der Waals surface area contributed by atoms with E-state index in [1.54, 1.807) is 0 Å². The van der Waals surface area contributed by atoms with E-state index in [0.717, 1.165) is 22.8 Å². The van der Waals surface area contributed by atoms with Gasteiger partial charge < -0.3 is 15.0 Å². The third-order valence-corrected chi connectivity index (χ3v) is 2.87. The minimum Gasteiger partial charge on any atom is -0.494 e. The number of nitrogens with zero attached hydrogens (tertiary/aromatic N) is 2. The molecule has 1 aromatic carbocycles. The van der Waals surface area contributed by atoms with Crippen molar-refractivity contribution in [2.45, 2.75) is 20.4 Å². The molecular formula is C15H17N3O. The Morgan fingerprint density at radius 2 is 2.26 bits per heavy atom. The van der Waals surface area contributed by atoms with E-state index >= 15 is 0 Å². The van der Waals surface area contributed by atoms with Crippen LogP contribution in [0.5, 0.6) is 5.75 Å². The maximum atomic E-state index is 6.11. The van der Waals surface area contributed by atoms with E-state index in [4.69, 9.17) is 16.9 Å². The van der Waals surface area contributed by atoms with Crippen molar-refractivity contribution in [1.82, 2.24) is 9.55 Å². The van der Waals surface area contributed by atoms with Crippen molar-refractivity contribution in [2.24, 2.45) is 0 Å². The van der Waals surface area contributed by atoms with Crippen molar-refractivity contribution in [3.8, 4) is 29.4 Å². The SMILES string of the molecule is C#CCn1c(C)nc(-c2cccc(OCC)c2)c1N. The zero-order chi connectivity index (χ0) is 13.8. The molecule has 2 rings (SSSR count). The molecule has 0 amide bonds. The molecular weight excluding hydrogens is 238 g/mol. The standard InChI is InChI=1S/C15H17N3O/c1-4-9-18-11(3)17-14(15(18)16)12-7-6-8-13(10-12)19-5-2/h1,6-8,10H,5,9,16H2,2-3H3. The molecule has 0 bridgehead atoms. The molecule has 2 N–H and O–H groups in total. The lowest BCUT2D eigenvalue weighted by molar-refractivity contribution is 0.340. The predicted molar refractivity (Wildman–Crippen MR) is 76.8 cm³/mol. The first-order valence-corrected chi connectivity index (χ1v) is 6.16. The number of terminal acetylenes is 1. The summed E-state index contributed by atoms with van der Waals surface area (Å²) in [6.45, 7) is 4.90. The van der Waals surface area contributed by atoms with Crippen LogP contribution in [-0.2, 0) is 6.54 Å². The Hall–Kier alpha value is -2.41. The summed E-state index contributed by atoms with van der Waals surface area (Å²) < 4.78 is 7.31. The molecule has 1 aromatic heterocycles. The highest BCUT2D eigenvalue weighted by atomic mass is 16.5. The van der Waals surface area contributed by atoms with Gasteiger partial charge in [0.2, 0.25) is 0 Å². The number of anilines is 1. The fourth-order valence-corrected chi connectivity index (χ4v) is 1.98. The van der Waals surface area contributed by atoms with Crippen molar-refractivity contribution in [2.75, 3.05) is 12.3 Å². The lowest BCUT2D eigenvalue weighted by Gasteiger charge is -2.06. The van der Waals surface area contributed by atoms with Crippen LogP contribution in [-0.4, -0.2) is 16.2 Å². The van der Waals surface area contributed by atoms with Crippen LogP contribution in [0.1, 0.15) is 12.7 Å². The Morgan fingerprint density at radius 1 is 1.47 bits per heavy atom. The average Bonchev–Trinajstić information content (AvgIpc) is 2.68. The van der Waals surface area contributed by atoms with Crippen LogP contribution in [0.25, 0.3) is 11.3 Å². The van der Waals surface area contributed by atoms with Gasteiger partial charge in [-0.25, -0.2) is 4.98 Å². The summed E-state index contributed by atoms with van der Waals surface area (Å²) in [5.74, 6) is 4.79. The van der Waals surface area contributed by atoms with Gasteiger partial charge in [-0.1, -0.05) is 18.1 Å². The monoisotopic (exact) mass is 255 g/mol. The second-order valence-corrected chi connectivity index (χ2v) is 4.14. The number of aromatic nitrogens is 2. The number of nitrogen functional groups attached to an aromatic ring is 1. The molecule has 1 heterocycles. The third-order valence-electron chi connectivity index (χ3n) is 2.87. The Kier molecular flexibility index (Phi) is 3.76. The molecule has 0 aliphatic rings. The number of hydrogen-bond donors (Lipinski definition) is 1. The summed E-state index contributed by atoms with van der Waals surface area (Å²) in [6.07, 6.45) is 5.34. The van der Waals surface area contributed by atoms with Gasteiger partial charge in [-0.05, 0) is 26.0 Å². The molecule has 0 saturated heterocycles. The van der Waals surface area contributed by atoms with Gasteiger partial charge in [0.25, 0.3) is 0 Å². The van der Waals surface area contributed by atoms with Crippen LogP contribution in [0.4, 0.5) is 5.82 Å². The van der Waals surface area contributed by atoms with Gasteiger partial charge in [0.1, 0.15) is 23.1 Å². The number of hydrogen-bond acceptors (Lipinski definition) is 3. The highest BCUT2D eigenvalue weighted by molar-refractivity contribution is 5.72. The van der Waals surface area contributed by atoms with E-state index in [0.29, 0.717) is 19.0 Å². The van der Waals surface area contributed by atoms with Crippen LogP contribution < -0.4 is 10.5 Å². The largest absolute Gasteiger partial charge is 0.494 e. The summed E-state index contributed by atoms with van der Waals surface area (Å²) in [7, 11) is 0. The molecule has 2 aromatic rings. The summed E-state index contributed by atoms with van der Waals surface area (Å²) in [5.41, 5.74) is 7.79. The van der Waals surface area contributed by atoms with Gasteiger partial charge in [-0.2, -0.15) is 0 Å². The van der Waals surface area contributed by atoms with E-state index in [2.05, 4.69) is 10.9 Å². The Balaban J connectivity index is 2.45.